The van der Waals surface area contributed by atoms with Crippen molar-refractivity contribution < 1.29 is 9.53 Å². The Morgan fingerprint density at radius 1 is 0.929 bits per heavy atom. The second-order valence-electron chi connectivity index (χ2n) is 6.11. The van der Waals surface area contributed by atoms with E-state index in [0.29, 0.717) is 17.9 Å². The fourth-order valence-electron chi connectivity index (χ4n) is 2.71. The number of amides is 1. The molecule has 0 unspecified atom stereocenters. The zero-order valence-corrected chi connectivity index (χ0v) is 14.9. The molecule has 0 bridgehead atoms. The third-order valence-corrected chi connectivity index (χ3v) is 4.14. The molecule has 0 radical (unpaired) electrons. The predicted octanol–water partition coefficient (Wildman–Crippen LogP) is 3.28. The topological polar surface area (TPSA) is 95.9 Å². The van der Waals surface area contributed by atoms with Crippen LogP contribution in [-0.4, -0.2) is 26.1 Å². The van der Waals surface area contributed by atoms with Gasteiger partial charge in [0, 0.05) is 16.7 Å². The van der Waals surface area contributed by atoms with Crippen LogP contribution in [0.25, 0.3) is 11.4 Å². The highest BCUT2D eigenvalue weighted by molar-refractivity contribution is 5.93. The lowest BCUT2D eigenvalue weighted by molar-refractivity contribution is 0.100. The second kappa shape index (κ2) is 7.71. The van der Waals surface area contributed by atoms with E-state index in [-0.39, 0.29) is 0 Å². The number of carbonyl (C=O) groups is 1. The van der Waals surface area contributed by atoms with Gasteiger partial charge in [-0.15, -0.1) is 10.2 Å². The van der Waals surface area contributed by atoms with Crippen molar-refractivity contribution in [2.75, 3.05) is 0 Å². The fraction of sp³-hybridized carbons (Fsp3) is 0.0476. The van der Waals surface area contributed by atoms with Crippen molar-refractivity contribution in [2.24, 2.45) is 5.73 Å². The van der Waals surface area contributed by atoms with Crippen LogP contribution >= 0.6 is 0 Å². The largest absolute Gasteiger partial charge is 0.457 e. The molecule has 3 aromatic carbocycles. The molecular formula is C21H17N5O2. The first-order valence-corrected chi connectivity index (χ1v) is 8.68. The van der Waals surface area contributed by atoms with Gasteiger partial charge in [0.15, 0.2) is 0 Å². The van der Waals surface area contributed by atoms with Gasteiger partial charge in [-0.25, -0.2) is 0 Å². The van der Waals surface area contributed by atoms with Gasteiger partial charge in [0.2, 0.25) is 11.7 Å². The third kappa shape index (κ3) is 3.88. The van der Waals surface area contributed by atoms with Crippen molar-refractivity contribution in [1.29, 1.82) is 0 Å². The van der Waals surface area contributed by atoms with Crippen molar-refractivity contribution >= 4 is 5.91 Å². The summed E-state index contributed by atoms with van der Waals surface area (Å²) in [6, 6.07) is 24.1. The molecule has 0 spiro atoms. The van der Waals surface area contributed by atoms with Crippen molar-refractivity contribution in [3.63, 3.8) is 0 Å². The van der Waals surface area contributed by atoms with Gasteiger partial charge in [-0.2, -0.15) is 4.80 Å². The summed E-state index contributed by atoms with van der Waals surface area (Å²) < 4.78 is 5.98. The molecule has 1 heterocycles. The SMILES string of the molecule is NC(=O)c1ccc(-c2nnn(Cc3ccccc3Oc3ccccc3)n2)cc1. The average molecular weight is 371 g/mol. The Bertz CT molecular complexity index is 1090. The Balaban J connectivity index is 1.54. The van der Waals surface area contributed by atoms with Gasteiger partial charge >= 0.3 is 0 Å². The van der Waals surface area contributed by atoms with E-state index < -0.39 is 5.91 Å². The quantitative estimate of drug-likeness (QED) is 0.561. The summed E-state index contributed by atoms with van der Waals surface area (Å²) in [6.07, 6.45) is 0. The maximum atomic E-state index is 11.2. The summed E-state index contributed by atoms with van der Waals surface area (Å²) in [6.45, 7) is 0.412. The molecule has 0 fully saturated rings. The summed E-state index contributed by atoms with van der Waals surface area (Å²) in [5.74, 6) is 1.49. The molecule has 138 valence electrons. The molecule has 4 aromatic rings. The number of aromatic nitrogens is 4. The maximum absolute atomic E-state index is 11.2. The summed E-state index contributed by atoms with van der Waals surface area (Å²) in [7, 11) is 0. The Morgan fingerprint density at radius 2 is 1.64 bits per heavy atom. The van der Waals surface area contributed by atoms with E-state index >= 15 is 0 Å². The number of carbonyl (C=O) groups excluding carboxylic acids is 1. The zero-order valence-electron chi connectivity index (χ0n) is 14.9. The van der Waals surface area contributed by atoms with Gasteiger partial charge in [-0.05, 0) is 35.5 Å². The Kier molecular flexibility index (Phi) is 4.79. The van der Waals surface area contributed by atoms with Gasteiger partial charge in [0.25, 0.3) is 0 Å². The lowest BCUT2D eigenvalue weighted by Gasteiger charge is -2.10. The van der Waals surface area contributed by atoms with E-state index in [9.17, 15) is 4.79 Å². The smallest absolute Gasteiger partial charge is 0.248 e. The van der Waals surface area contributed by atoms with E-state index in [1.807, 2.05) is 54.6 Å². The number of primary amides is 1. The molecular weight excluding hydrogens is 354 g/mol. The van der Waals surface area contributed by atoms with Crippen LogP contribution in [0.3, 0.4) is 0 Å². The van der Waals surface area contributed by atoms with Gasteiger partial charge < -0.3 is 10.5 Å². The van der Waals surface area contributed by atoms with Gasteiger partial charge in [-0.3, -0.25) is 4.79 Å². The number of benzene rings is 3. The summed E-state index contributed by atoms with van der Waals surface area (Å²) in [4.78, 5) is 12.7. The molecule has 28 heavy (non-hydrogen) atoms. The first-order chi connectivity index (χ1) is 13.7. The second-order valence-corrected chi connectivity index (χ2v) is 6.11. The minimum absolute atomic E-state index is 0.412. The van der Waals surface area contributed by atoms with Gasteiger partial charge in [0.1, 0.15) is 11.5 Å². The van der Waals surface area contributed by atoms with Crippen molar-refractivity contribution in [3.8, 4) is 22.9 Å². The number of rotatable bonds is 6. The highest BCUT2D eigenvalue weighted by atomic mass is 16.5. The first kappa shape index (κ1) is 17.4. The van der Waals surface area contributed by atoms with E-state index in [1.165, 1.54) is 4.80 Å². The number of hydrogen-bond donors (Lipinski definition) is 1. The van der Waals surface area contributed by atoms with E-state index in [2.05, 4.69) is 15.4 Å². The molecule has 0 aliphatic carbocycles. The summed E-state index contributed by atoms with van der Waals surface area (Å²) >= 11 is 0. The number of tetrazole rings is 1. The molecule has 7 nitrogen and oxygen atoms in total. The highest BCUT2D eigenvalue weighted by Crippen LogP contribution is 2.25. The predicted molar refractivity (Wildman–Crippen MR) is 104 cm³/mol. The first-order valence-electron chi connectivity index (χ1n) is 8.68. The van der Waals surface area contributed by atoms with Crippen LogP contribution in [0.4, 0.5) is 0 Å². The molecule has 0 atom stereocenters. The van der Waals surface area contributed by atoms with Crippen LogP contribution in [0, 0.1) is 0 Å². The normalized spacial score (nSPS) is 10.6. The Morgan fingerprint density at radius 3 is 2.39 bits per heavy atom. The highest BCUT2D eigenvalue weighted by Gasteiger charge is 2.10. The van der Waals surface area contributed by atoms with Crippen LogP contribution in [-0.2, 0) is 6.54 Å². The molecule has 7 heteroatoms. The van der Waals surface area contributed by atoms with Crippen LogP contribution in [0.1, 0.15) is 15.9 Å². The molecule has 0 saturated carbocycles. The van der Waals surface area contributed by atoms with E-state index in [0.717, 1.165) is 22.6 Å². The van der Waals surface area contributed by atoms with Crippen LogP contribution < -0.4 is 10.5 Å². The molecule has 1 amide bonds. The fourth-order valence-corrected chi connectivity index (χ4v) is 2.71. The minimum Gasteiger partial charge on any atom is -0.457 e. The lowest BCUT2D eigenvalue weighted by atomic mass is 10.1. The maximum Gasteiger partial charge on any atom is 0.248 e. The van der Waals surface area contributed by atoms with E-state index in [1.54, 1.807) is 24.3 Å². The van der Waals surface area contributed by atoms with Gasteiger partial charge in [0.05, 0.1) is 6.54 Å². The number of nitrogens with two attached hydrogens (primary N) is 1. The number of ether oxygens (including phenoxy) is 1. The standard InChI is InChI=1S/C21H17N5O2/c22-20(27)15-10-12-16(13-11-15)21-23-25-26(24-21)14-17-6-4-5-9-19(17)28-18-7-2-1-3-8-18/h1-13H,14H2,(H2,22,27). The van der Waals surface area contributed by atoms with Crippen LogP contribution in [0.15, 0.2) is 78.9 Å². The Labute approximate surface area is 161 Å². The zero-order chi connectivity index (χ0) is 19.3. The van der Waals surface area contributed by atoms with Crippen molar-refractivity contribution in [1.82, 2.24) is 20.2 Å². The number of hydrogen-bond acceptors (Lipinski definition) is 5. The molecule has 4 rings (SSSR count). The third-order valence-electron chi connectivity index (χ3n) is 4.14. The Hall–Kier alpha value is -4.00. The lowest BCUT2D eigenvalue weighted by Crippen LogP contribution is -2.10. The van der Waals surface area contributed by atoms with E-state index in [4.69, 9.17) is 10.5 Å². The molecule has 0 aliphatic heterocycles. The molecule has 0 aliphatic rings. The monoisotopic (exact) mass is 371 g/mol. The summed E-state index contributed by atoms with van der Waals surface area (Å²) in [5, 5.41) is 12.6. The molecule has 1 aromatic heterocycles. The number of para-hydroxylation sites is 2. The van der Waals surface area contributed by atoms with Gasteiger partial charge in [-0.1, -0.05) is 48.5 Å². The average Bonchev–Trinajstić information content (AvgIpc) is 3.19. The number of nitrogens with zero attached hydrogens (tertiary/aromatic N) is 4. The van der Waals surface area contributed by atoms with Crippen molar-refractivity contribution in [3.05, 3.63) is 90.0 Å². The van der Waals surface area contributed by atoms with Crippen LogP contribution in [0.5, 0.6) is 11.5 Å². The minimum atomic E-state index is -0.474. The summed E-state index contributed by atoms with van der Waals surface area (Å²) in [5.41, 5.74) is 7.38. The van der Waals surface area contributed by atoms with Crippen molar-refractivity contribution in [2.45, 2.75) is 6.54 Å². The molecule has 0 saturated heterocycles. The van der Waals surface area contributed by atoms with Crippen LogP contribution in [0.2, 0.25) is 0 Å². The molecule has 2 N–H and O–H groups in total.